The first-order valence-corrected chi connectivity index (χ1v) is 11.5. The van der Waals surface area contributed by atoms with E-state index in [9.17, 15) is 14.9 Å². The first-order chi connectivity index (χ1) is 18.0. The molecule has 1 amide bonds. The van der Waals surface area contributed by atoms with Gasteiger partial charge in [0.2, 0.25) is 0 Å². The van der Waals surface area contributed by atoms with Crippen molar-refractivity contribution in [3.05, 3.63) is 88.5 Å². The summed E-state index contributed by atoms with van der Waals surface area (Å²) in [5.74, 6) is 0.753. The number of ether oxygens (including phenoxy) is 3. The largest absolute Gasteiger partial charge is 0.497 e. The molecule has 4 rings (SSSR count). The molecule has 1 N–H and O–H groups in total. The number of nitro benzene ring substituents is 1. The summed E-state index contributed by atoms with van der Waals surface area (Å²) >= 11 is 0. The van der Waals surface area contributed by atoms with E-state index in [1.165, 1.54) is 24.3 Å². The minimum atomic E-state index is -0.543. The van der Waals surface area contributed by atoms with Gasteiger partial charge in [-0.3, -0.25) is 14.9 Å². The third kappa shape index (κ3) is 6.27. The quantitative estimate of drug-likeness (QED) is 0.180. The lowest BCUT2D eigenvalue weighted by Gasteiger charge is -2.09. The summed E-state index contributed by atoms with van der Waals surface area (Å²) in [7, 11) is 1.59. The highest BCUT2D eigenvalue weighted by Crippen LogP contribution is 2.27. The number of benzene rings is 3. The van der Waals surface area contributed by atoms with Crippen molar-refractivity contribution in [2.24, 2.45) is 0 Å². The van der Waals surface area contributed by atoms with Crippen molar-refractivity contribution in [1.82, 2.24) is 14.8 Å². The summed E-state index contributed by atoms with van der Waals surface area (Å²) in [4.78, 5) is 27.6. The number of carbonyl (C=O) groups excluding carboxylic acids is 1. The Hall–Kier alpha value is -4.77. The molecule has 3 aromatic carbocycles. The smallest absolute Gasteiger partial charge is 0.336 e. The molecule has 1 heterocycles. The second kappa shape index (κ2) is 11.8. The Bertz CT molecular complexity index is 1390. The van der Waals surface area contributed by atoms with Crippen LogP contribution in [-0.4, -0.2) is 52.5 Å². The summed E-state index contributed by atoms with van der Waals surface area (Å²) in [5, 5.41) is 18.3. The molecule has 0 fully saturated rings. The normalized spacial score (nSPS) is 10.6. The molecule has 0 bridgehead atoms. The minimum Gasteiger partial charge on any atom is -0.497 e. The van der Waals surface area contributed by atoms with Crippen LogP contribution in [-0.2, 0) is 4.74 Å². The minimum absolute atomic E-state index is 0.154. The zero-order chi connectivity index (χ0) is 26.2. The second-order valence-electron chi connectivity index (χ2n) is 7.72. The number of anilines is 1. The molecule has 0 aliphatic heterocycles. The van der Waals surface area contributed by atoms with Gasteiger partial charge in [-0.05, 0) is 49.4 Å². The number of amides is 1. The van der Waals surface area contributed by atoms with Crippen LogP contribution in [0, 0.1) is 10.1 Å². The van der Waals surface area contributed by atoms with E-state index in [1.807, 2.05) is 31.2 Å². The summed E-state index contributed by atoms with van der Waals surface area (Å²) in [6.45, 7) is 3.21. The van der Waals surface area contributed by atoms with Gasteiger partial charge in [0, 0.05) is 35.6 Å². The van der Waals surface area contributed by atoms with Crippen LogP contribution in [0.15, 0.2) is 72.8 Å². The van der Waals surface area contributed by atoms with Crippen LogP contribution < -0.4 is 14.8 Å². The van der Waals surface area contributed by atoms with Gasteiger partial charge < -0.3 is 19.5 Å². The lowest BCUT2D eigenvalue weighted by Crippen LogP contribution is -2.12. The molecule has 0 radical (unpaired) electrons. The Balaban J connectivity index is 1.58. The molecule has 1 aromatic heterocycles. The molecule has 0 aliphatic carbocycles. The lowest BCUT2D eigenvalue weighted by molar-refractivity contribution is -0.384. The van der Waals surface area contributed by atoms with Gasteiger partial charge in [0.1, 0.15) is 12.4 Å². The monoisotopic (exact) mass is 503 g/mol. The molecule has 4 aromatic rings. The molecule has 11 heteroatoms. The zero-order valence-electron chi connectivity index (χ0n) is 20.3. The van der Waals surface area contributed by atoms with E-state index in [-0.39, 0.29) is 17.3 Å². The van der Waals surface area contributed by atoms with Crippen molar-refractivity contribution < 1.29 is 23.9 Å². The maximum atomic E-state index is 12.6. The van der Waals surface area contributed by atoms with Gasteiger partial charge in [0.05, 0.1) is 24.3 Å². The molecular weight excluding hydrogens is 478 g/mol. The molecule has 0 saturated carbocycles. The van der Waals surface area contributed by atoms with Gasteiger partial charge in [-0.25, -0.2) is 4.68 Å². The third-order valence-corrected chi connectivity index (χ3v) is 5.27. The number of aromatic nitrogens is 3. The summed E-state index contributed by atoms with van der Waals surface area (Å²) in [6.07, 6.45) is 0. The number of methoxy groups -OCH3 is 1. The fraction of sp³-hybridized carbons (Fsp3) is 0.192. The molecular formula is C26H25N5O6. The summed E-state index contributed by atoms with van der Waals surface area (Å²) in [5.41, 5.74) is 1.99. The van der Waals surface area contributed by atoms with Crippen LogP contribution in [0.5, 0.6) is 11.8 Å². The van der Waals surface area contributed by atoms with E-state index in [0.29, 0.717) is 42.8 Å². The van der Waals surface area contributed by atoms with Crippen molar-refractivity contribution in [2.45, 2.75) is 6.92 Å². The molecule has 0 aliphatic rings. The SMILES string of the molecule is CCOCCOc1nc(-c2cccc(OC)c2)n(-c2ccc(NC(=O)c3cccc([N+](=O)[O-])c3)cc2)n1. The molecule has 0 saturated heterocycles. The Labute approximate surface area is 212 Å². The summed E-state index contributed by atoms with van der Waals surface area (Å²) in [6, 6.07) is 20.1. The van der Waals surface area contributed by atoms with Crippen LogP contribution in [0.3, 0.4) is 0 Å². The predicted octanol–water partition coefficient (Wildman–Crippen LogP) is 4.52. The van der Waals surface area contributed by atoms with E-state index in [2.05, 4.69) is 15.4 Å². The van der Waals surface area contributed by atoms with Crippen LogP contribution >= 0.6 is 0 Å². The number of nitrogens with zero attached hydrogens (tertiary/aromatic N) is 4. The van der Waals surface area contributed by atoms with Gasteiger partial charge in [-0.2, -0.15) is 4.98 Å². The highest BCUT2D eigenvalue weighted by atomic mass is 16.6. The van der Waals surface area contributed by atoms with Crippen molar-refractivity contribution in [3.63, 3.8) is 0 Å². The maximum Gasteiger partial charge on any atom is 0.336 e. The number of nitro groups is 1. The Morgan fingerprint density at radius 2 is 1.84 bits per heavy atom. The zero-order valence-corrected chi connectivity index (χ0v) is 20.3. The average Bonchev–Trinajstić information content (AvgIpc) is 3.36. The fourth-order valence-corrected chi connectivity index (χ4v) is 3.47. The second-order valence-corrected chi connectivity index (χ2v) is 7.72. The molecule has 11 nitrogen and oxygen atoms in total. The lowest BCUT2D eigenvalue weighted by atomic mass is 10.2. The van der Waals surface area contributed by atoms with Crippen molar-refractivity contribution in [1.29, 1.82) is 0 Å². The number of non-ortho nitro benzene ring substituents is 1. The number of hydrogen-bond donors (Lipinski definition) is 1. The van der Waals surface area contributed by atoms with Crippen LogP contribution in [0.25, 0.3) is 17.1 Å². The Morgan fingerprint density at radius 1 is 1.05 bits per heavy atom. The Kier molecular flexibility index (Phi) is 8.06. The third-order valence-electron chi connectivity index (χ3n) is 5.27. The van der Waals surface area contributed by atoms with E-state index in [1.54, 1.807) is 36.1 Å². The average molecular weight is 504 g/mol. The first-order valence-electron chi connectivity index (χ1n) is 11.5. The van der Waals surface area contributed by atoms with Gasteiger partial charge in [-0.15, -0.1) is 5.10 Å². The number of carbonyl (C=O) groups is 1. The molecule has 0 atom stereocenters. The van der Waals surface area contributed by atoms with E-state index in [0.717, 1.165) is 5.56 Å². The topological polar surface area (TPSA) is 131 Å². The van der Waals surface area contributed by atoms with Crippen LogP contribution in [0.4, 0.5) is 11.4 Å². The Morgan fingerprint density at radius 3 is 2.57 bits per heavy atom. The van der Waals surface area contributed by atoms with Gasteiger partial charge in [0.15, 0.2) is 5.82 Å². The van der Waals surface area contributed by atoms with Gasteiger partial charge in [0.25, 0.3) is 11.6 Å². The number of nitrogens with one attached hydrogen (secondary N) is 1. The number of rotatable bonds is 11. The standard InChI is InChI=1S/C26H25N5O6/c1-3-36-14-15-37-26-28-24(18-6-5-9-23(17-18)35-2)30(29-26)21-12-10-20(11-13-21)27-25(32)19-7-4-8-22(16-19)31(33)34/h4-13,16-17H,3,14-15H2,1-2H3,(H,27,32). The first kappa shape index (κ1) is 25.3. The van der Waals surface area contributed by atoms with E-state index < -0.39 is 10.8 Å². The van der Waals surface area contributed by atoms with Crippen molar-refractivity contribution >= 4 is 17.3 Å². The van der Waals surface area contributed by atoms with E-state index in [4.69, 9.17) is 14.2 Å². The van der Waals surface area contributed by atoms with Crippen LogP contribution in [0.2, 0.25) is 0 Å². The highest BCUT2D eigenvalue weighted by Gasteiger charge is 2.16. The maximum absolute atomic E-state index is 12.6. The fourth-order valence-electron chi connectivity index (χ4n) is 3.47. The van der Waals surface area contributed by atoms with Crippen LogP contribution in [0.1, 0.15) is 17.3 Å². The van der Waals surface area contributed by atoms with Gasteiger partial charge >= 0.3 is 6.01 Å². The number of hydrogen-bond acceptors (Lipinski definition) is 8. The molecule has 0 unspecified atom stereocenters. The highest BCUT2D eigenvalue weighted by molar-refractivity contribution is 6.04. The van der Waals surface area contributed by atoms with E-state index >= 15 is 0 Å². The molecule has 0 spiro atoms. The van der Waals surface area contributed by atoms with Gasteiger partial charge in [-0.1, -0.05) is 18.2 Å². The molecule has 190 valence electrons. The predicted molar refractivity (Wildman–Crippen MR) is 136 cm³/mol. The summed E-state index contributed by atoms with van der Waals surface area (Å²) < 4.78 is 18.0. The van der Waals surface area contributed by atoms with Crippen molar-refractivity contribution in [3.8, 4) is 28.8 Å². The molecule has 37 heavy (non-hydrogen) atoms. The van der Waals surface area contributed by atoms with Crippen molar-refractivity contribution in [2.75, 3.05) is 32.2 Å².